The molecule has 0 unspecified atom stereocenters. The Balaban J connectivity index is 2.09. The second kappa shape index (κ2) is 11.7. The van der Waals surface area contributed by atoms with Gasteiger partial charge in [0.25, 0.3) is 0 Å². The molecule has 7 heteroatoms. The van der Waals surface area contributed by atoms with E-state index in [1.807, 2.05) is 21.3 Å². The Hall–Kier alpha value is -0.280. The van der Waals surface area contributed by atoms with Crippen LogP contribution in [0.3, 0.4) is 0 Å². The molecule has 40 heavy (non-hydrogen) atoms. The van der Waals surface area contributed by atoms with Crippen LogP contribution >= 0.6 is 0 Å². The van der Waals surface area contributed by atoms with Crippen LogP contribution in [0.15, 0.2) is 0 Å². The smallest absolute Gasteiger partial charge is 0.0995 e. The van der Waals surface area contributed by atoms with Gasteiger partial charge in [0.05, 0.1) is 20.2 Å². The Kier molecular flexibility index (Phi) is 9.98. The SMILES string of the molecule is COCN1C(C)(C)CC(N(C2CC(C)(C)N(COC)C(C)(C)C2)C2CC(C)(C)N(COC)C(C)(C)C2)CC1(C)C. The van der Waals surface area contributed by atoms with E-state index < -0.39 is 0 Å². The number of ether oxygens (including phenoxy) is 3. The molecule has 0 aromatic rings. The molecule has 0 aromatic heterocycles. The average molecular weight is 567 g/mol. The second-order valence-electron chi connectivity index (χ2n) is 17.0. The number of rotatable bonds is 9. The number of piperidine rings is 3. The fourth-order valence-electron chi connectivity index (χ4n) is 9.76. The Morgan fingerprint density at radius 1 is 0.425 bits per heavy atom. The zero-order chi connectivity index (χ0) is 30.5. The quantitative estimate of drug-likeness (QED) is 0.331. The van der Waals surface area contributed by atoms with Crippen LogP contribution in [-0.2, 0) is 14.2 Å². The van der Waals surface area contributed by atoms with Gasteiger partial charge < -0.3 is 14.2 Å². The van der Waals surface area contributed by atoms with Gasteiger partial charge in [0.15, 0.2) is 0 Å². The summed E-state index contributed by atoms with van der Waals surface area (Å²) in [5.41, 5.74) is 0.275. The van der Waals surface area contributed by atoms with Crippen LogP contribution in [0.25, 0.3) is 0 Å². The van der Waals surface area contributed by atoms with Crippen LogP contribution in [0, 0.1) is 0 Å². The van der Waals surface area contributed by atoms with E-state index >= 15 is 0 Å². The highest BCUT2D eigenvalue weighted by Gasteiger charge is 2.55. The van der Waals surface area contributed by atoms with Crippen molar-refractivity contribution < 1.29 is 14.2 Å². The lowest BCUT2D eigenvalue weighted by atomic mass is 9.70. The number of nitrogens with zero attached hydrogens (tertiary/aromatic N) is 4. The molecular weight excluding hydrogens is 500 g/mol. The summed E-state index contributed by atoms with van der Waals surface area (Å²) in [6.45, 7) is 31.2. The van der Waals surface area contributed by atoms with Gasteiger partial charge in [-0.1, -0.05) is 0 Å². The molecule has 0 bridgehead atoms. The van der Waals surface area contributed by atoms with Gasteiger partial charge in [-0.2, -0.15) is 0 Å². The molecule has 3 heterocycles. The molecule has 3 aliphatic rings. The lowest BCUT2D eigenvalue weighted by Crippen LogP contribution is -2.72. The Bertz CT molecular complexity index is 689. The molecule has 0 radical (unpaired) electrons. The van der Waals surface area contributed by atoms with Gasteiger partial charge in [0, 0.05) is 72.7 Å². The van der Waals surface area contributed by atoms with Gasteiger partial charge >= 0.3 is 0 Å². The van der Waals surface area contributed by atoms with E-state index in [1.54, 1.807) is 0 Å². The molecule has 3 saturated heterocycles. The molecule has 0 atom stereocenters. The summed E-state index contributed by atoms with van der Waals surface area (Å²) in [6.07, 6.45) is 6.91. The second-order valence-corrected chi connectivity index (χ2v) is 17.0. The Labute approximate surface area is 248 Å². The predicted octanol–water partition coefficient (Wildman–Crippen LogP) is 6.16. The van der Waals surface area contributed by atoms with Crippen molar-refractivity contribution in [3.8, 4) is 0 Å². The summed E-state index contributed by atoms with van der Waals surface area (Å²) in [5, 5.41) is 0. The van der Waals surface area contributed by atoms with Crippen LogP contribution < -0.4 is 0 Å². The first-order chi connectivity index (χ1) is 18.1. The molecule has 3 aliphatic heterocycles. The summed E-state index contributed by atoms with van der Waals surface area (Å²) >= 11 is 0. The van der Waals surface area contributed by atoms with Gasteiger partial charge in [-0.05, 0) is 122 Å². The van der Waals surface area contributed by atoms with Crippen molar-refractivity contribution in [2.45, 2.75) is 173 Å². The fourth-order valence-corrected chi connectivity index (χ4v) is 9.76. The van der Waals surface area contributed by atoms with Gasteiger partial charge in [-0.3, -0.25) is 19.6 Å². The highest BCUT2D eigenvalue weighted by molar-refractivity contribution is 5.11. The molecule has 3 fully saturated rings. The predicted molar refractivity (Wildman–Crippen MR) is 167 cm³/mol. The van der Waals surface area contributed by atoms with Crippen molar-refractivity contribution in [3.05, 3.63) is 0 Å². The van der Waals surface area contributed by atoms with Crippen LogP contribution in [0.4, 0.5) is 0 Å². The van der Waals surface area contributed by atoms with E-state index in [0.717, 1.165) is 38.5 Å². The van der Waals surface area contributed by atoms with Crippen LogP contribution in [0.2, 0.25) is 0 Å². The summed E-state index contributed by atoms with van der Waals surface area (Å²) in [5.74, 6) is 0. The summed E-state index contributed by atoms with van der Waals surface area (Å²) in [7, 11) is 5.50. The normalized spacial score (nSPS) is 29.7. The van der Waals surface area contributed by atoms with Crippen molar-refractivity contribution in [3.63, 3.8) is 0 Å². The number of methoxy groups -OCH3 is 3. The lowest BCUT2D eigenvalue weighted by molar-refractivity contribution is -0.171. The molecule has 0 aliphatic carbocycles. The highest BCUT2D eigenvalue weighted by Crippen LogP contribution is 2.49. The first-order valence-corrected chi connectivity index (χ1v) is 15.7. The van der Waals surface area contributed by atoms with E-state index in [4.69, 9.17) is 14.2 Å². The van der Waals surface area contributed by atoms with Crippen LogP contribution in [-0.4, -0.2) is 112 Å². The molecule has 236 valence electrons. The first-order valence-electron chi connectivity index (χ1n) is 15.7. The number of hydrogen-bond acceptors (Lipinski definition) is 7. The van der Waals surface area contributed by atoms with Crippen LogP contribution in [0.5, 0.6) is 0 Å². The lowest BCUT2D eigenvalue weighted by Gasteiger charge is -2.64. The van der Waals surface area contributed by atoms with E-state index in [2.05, 4.69) is 103 Å². The summed E-state index contributed by atoms with van der Waals surface area (Å²) < 4.78 is 17.2. The molecule has 0 N–H and O–H groups in total. The third-order valence-corrected chi connectivity index (χ3v) is 10.8. The number of hydrogen-bond donors (Lipinski definition) is 0. The van der Waals surface area contributed by atoms with Crippen molar-refractivity contribution in [1.29, 1.82) is 0 Å². The van der Waals surface area contributed by atoms with Gasteiger partial charge in [0.1, 0.15) is 0 Å². The molecule has 0 amide bonds. The van der Waals surface area contributed by atoms with Crippen molar-refractivity contribution in [2.24, 2.45) is 0 Å². The standard InChI is InChI=1S/C33H66N4O3/c1-28(2)16-25(17-29(3,4)34(28)22-38-13)37(26-18-30(5,6)35(23-39-14)31(7,8)19-26)27-20-32(9,10)36(24-40-15)33(11,12)21-27/h25-27H,16-24H2,1-15H3. The molecule has 0 aromatic carbocycles. The van der Waals surface area contributed by atoms with E-state index in [0.29, 0.717) is 38.3 Å². The van der Waals surface area contributed by atoms with E-state index in [1.165, 1.54) is 0 Å². The zero-order valence-electron chi connectivity index (χ0n) is 29.1. The van der Waals surface area contributed by atoms with E-state index in [-0.39, 0.29) is 33.2 Å². The van der Waals surface area contributed by atoms with Gasteiger partial charge in [-0.25, -0.2) is 0 Å². The summed E-state index contributed by atoms with van der Waals surface area (Å²) in [4.78, 5) is 10.9. The molecular formula is C33H66N4O3. The molecule has 3 rings (SSSR count). The Morgan fingerprint density at radius 3 is 0.750 bits per heavy atom. The third-order valence-electron chi connectivity index (χ3n) is 10.8. The van der Waals surface area contributed by atoms with Gasteiger partial charge in [0.2, 0.25) is 0 Å². The van der Waals surface area contributed by atoms with Gasteiger partial charge in [-0.15, -0.1) is 0 Å². The maximum absolute atomic E-state index is 5.74. The largest absolute Gasteiger partial charge is 0.369 e. The Morgan fingerprint density at radius 2 is 0.600 bits per heavy atom. The maximum atomic E-state index is 5.74. The molecule has 7 nitrogen and oxygen atoms in total. The number of likely N-dealkylation sites (tertiary alicyclic amines) is 3. The fraction of sp³-hybridized carbons (Fsp3) is 1.00. The van der Waals surface area contributed by atoms with Crippen LogP contribution in [0.1, 0.15) is 122 Å². The van der Waals surface area contributed by atoms with E-state index in [9.17, 15) is 0 Å². The summed E-state index contributed by atoms with van der Waals surface area (Å²) in [6, 6.07) is 1.53. The van der Waals surface area contributed by atoms with Crippen molar-refractivity contribution in [2.75, 3.05) is 41.5 Å². The minimum atomic E-state index is 0.0459. The van der Waals surface area contributed by atoms with Crippen molar-refractivity contribution in [1.82, 2.24) is 19.6 Å². The van der Waals surface area contributed by atoms with Crippen molar-refractivity contribution >= 4 is 0 Å². The zero-order valence-corrected chi connectivity index (χ0v) is 29.1. The first kappa shape index (κ1) is 34.2. The monoisotopic (exact) mass is 567 g/mol. The molecule has 0 saturated carbocycles. The molecule has 0 spiro atoms. The third kappa shape index (κ3) is 6.76. The average Bonchev–Trinajstić information content (AvgIpc) is 2.74. The minimum absolute atomic E-state index is 0.0459. The minimum Gasteiger partial charge on any atom is -0.369 e. The topological polar surface area (TPSA) is 40.7 Å². The highest BCUT2D eigenvalue weighted by atomic mass is 16.5. The maximum Gasteiger partial charge on any atom is 0.0995 e.